The summed E-state index contributed by atoms with van der Waals surface area (Å²) in [4.78, 5) is 9.98. The van der Waals surface area contributed by atoms with E-state index < -0.39 is 25.8 Å². The zero-order valence-electron chi connectivity index (χ0n) is 6.43. The van der Waals surface area contributed by atoms with E-state index in [1.165, 1.54) is 0 Å². The lowest BCUT2D eigenvalue weighted by atomic mass is 10.7. The molecule has 4 N–H and O–H groups in total. The summed E-state index contributed by atoms with van der Waals surface area (Å²) in [6, 6.07) is 0. The van der Waals surface area contributed by atoms with Crippen LogP contribution in [0.5, 0.6) is 0 Å². The van der Waals surface area contributed by atoms with Crippen LogP contribution < -0.4 is 5.32 Å². The molecule has 0 aliphatic rings. The molecule has 0 rings (SSSR count). The minimum absolute atomic E-state index is 0.160. The Bertz CT molecular complexity index is 186. The van der Waals surface area contributed by atoms with Gasteiger partial charge in [-0.3, -0.25) is 10.1 Å². The molecular formula is C5H12NO5P. The van der Waals surface area contributed by atoms with Crippen molar-refractivity contribution in [2.24, 2.45) is 0 Å². The number of carboxylic acids is 1. The van der Waals surface area contributed by atoms with Gasteiger partial charge in [-0.25, -0.2) is 0 Å². The monoisotopic (exact) mass is 197 g/mol. The van der Waals surface area contributed by atoms with Crippen molar-refractivity contribution >= 4 is 13.1 Å². The Hall–Kier alpha value is -0.420. The quantitative estimate of drug-likeness (QED) is 0.402. The van der Waals surface area contributed by atoms with Gasteiger partial charge in [-0.1, -0.05) is 0 Å². The molecule has 0 unspecified atom stereocenters. The minimum atomic E-state index is -3.00. The molecule has 0 heterocycles. The highest BCUT2D eigenvalue weighted by Gasteiger charge is 2.18. The maximum Gasteiger partial charge on any atom is 0.317 e. The van der Waals surface area contributed by atoms with Crippen molar-refractivity contribution in [3.05, 3.63) is 0 Å². The van der Waals surface area contributed by atoms with Crippen LogP contribution in [0.4, 0.5) is 0 Å². The van der Waals surface area contributed by atoms with E-state index in [4.69, 9.17) is 15.3 Å². The van der Waals surface area contributed by atoms with Gasteiger partial charge in [-0.05, 0) is 0 Å². The molecule has 0 amide bonds. The van der Waals surface area contributed by atoms with Gasteiger partial charge in [-0.2, -0.15) is 0 Å². The largest absolute Gasteiger partial charge is 0.480 e. The average molecular weight is 197 g/mol. The SMILES string of the molecule is O=C(O)CNCP(=O)(CO)CO. The Kier molecular flexibility index (Phi) is 5.08. The molecular weight excluding hydrogens is 185 g/mol. The molecule has 0 atom stereocenters. The normalized spacial score (nSPS) is 11.5. The van der Waals surface area contributed by atoms with Gasteiger partial charge >= 0.3 is 5.97 Å². The van der Waals surface area contributed by atoms with E-state index in [9.17, 15) is 9.36 Å². The van der Waals surface area contributed by atoms with Crippen molar-refractivity contribution in [2.45, 2.75) is 0 Å². The fourth-order valence-electron chi connectivity index (χ4n) is 0.511. The van der Waals surface area contributed by atoms with Crippen LogP contribution in [0.1, 0.15) is 0 Å². The van der Waals surface area contributed by atoms with Crippen molar-refractivity contribution in [1.29, 1.82) is 0 Å². The van der Waals surface area contributed by atoms with E-state index in [0.717, 1.165) is 0 Å². The third kappa shape index (κ3) is 4.46. The molecule has 0 aromatic carbocycles. The number of hydrogen-bond donors (Lipinski definition) is 4. The molecule has 0 bridgehead atoms. The van der Waals surface area contributed by atoms with Crippen LogP contribution >= 0.6 is 7.14 Å². The first-order valence-electron chi connectivity index (χ1n) is 3.25. The summed E-state index contributed by atoms with van der Waals surface area (Å²) in [6.07, 6.45) is -1.39. The van der Waals surface area contributed by atoms with Crippen molar-refractivity contribution in [1.82, 2.24) is 5.32 Å². The third-order valence-corrected chi connectivity index (χ3v) is 3.02. The van der Waals surface area contributed by atoms with Gasteiger partial charge in [0.25, 0.3) is 0 Å². The van der Waals surface area contributed by atoms with Gasteiger partial charge in [-0.15, -0.1) is 0 Å². The first-order valence-corrected chi connectivity index (χ1v) is 5.51. The lowest BCUT2D eigenvalue weighted by Crippen LogP contribution is -2.24. The summed E-state index contributed by atoms with van der Waals surface area (Å²) in [6.45, 7) is -0.329. The predicted molar refractivity (Wildman–Crippen MR) is 42.3 cm³/mol. The van der Waals surface area contributed by atoms with Crippen molar-refractivity contribution in [2.75, 3.05) is 25.5 Å². The Morgan fingerprint density at radius 2 is 1.83 bits per heavy atom. The summed E-state index contributed by atoms with van der Waals surface area (Å²) in [5.41, 5.74) is 0. The van der Waals surface area contributed by atoms with E-state index in [1.54, 1.807) is 0 Å². The van der Waals surface area contributed by atoms with E-state index in [0.29, 0.717) is 0 Å². The molecule has 0 saturated carbocycles. The van der Waals surface area contributed by atoms with Crippen LogP contribution in [0.3, 0.4) is 0 Å². The van der Waals surface area contributed by atoms with E-state index in [-0.39, 0.29) is 12.8 Å². The third-order valence-electron chi connectivity index (χ3n) is 1.19. The second kappa shape index (κ2) is 5.27. The maximum atomic E-state index is 11.2. The van der Waals surface area contributed by atoms with Gasteiger partial charge < -0.3 is 19.9 Å². The molecule has 0 aliphatic carbocycles. The number of hydrogen-bond acceptors (Lipinski definition) is 5. The van der Waals surface area contributed by atoms with Gasteiger partial charge in [0.05, 0.1) is 25.5 Å². The topological polar surface area (TPSA) is 107 Å². The summed E-state index contributed by atoms with van der Waals surface area (Å²) < 4.78 is 11.2. The lowest BCUT2D eigenvalue weighted by molar-refractivity contribution is -0.135. The highest BCUT2D eigenvalue weighted by atomic mass is 31.2. The standard InChI is InChI=1S/C5H12NO5P/c7-3-12(11,4-8)2-6-1-5(9)10/h6-8H,1-4H2,(H,9,10). The predicted octanol–water partition coefficient (Wildman–Crippen LogP) is -1.12. The summed E-state index contributed by atoms with van der Waals surface area (Å²) in [5, 5.41) is 27.6. The molecule has 0 radical (unpaired) electrons. The molecule has 0 aromatic rings. The second-order valence-electron chi connectivity index (χ2n) is 2.32. The maximum absolute atomic E-state index is 11.2. The summed E-state index contributed by atoms with van der Waals surface area (Å²) in [7, 11) is -3.00. The van der Waals surface area contributed by atoms with Crippen molar-refractivity contribution in [3.63, 3.8) is 0 Å². The average Bonchev–Trinajstić information content (AvgIpc) is 2.03. The highest BCUT2D eigenvalue weighted by Crippen LogP contribution is 2.41. The molecule has 0 saturated heterocycles. The molecule has 72 valence electrons. The molecule has 0 spiro atoms. The van der Waals surface area contributed by atoms with Crippen LogP contribution in [0, 0.1) is 0 Å². The van der Waals surface area contributed by atoms with Gasteiger partial charge in [0.1, 0.15) is 7.14 Å². The number of rotatable bonds is 6. The Morgan fingerprint density at radius 1 is 1.33 bits per heavy atom. The molecule has 12 heavy (non-hydrogen) atoms. The smallest absolute Gasteiger partial charge is 0.317 e. The molecule has 0 aromatic heterocycles. The van der Waals surface area contributed by atoms with Crippen LogP contribution in [0.25, 0.3) is 0 Å². The number of nitrogens with one attached hydrogen (secondary N) is 1. The van der Waals surface area contributed by atoms with Crippen LogP contribution in [0.15, 0.2) is 0 Å². The number of carbonyl (C=O) groups is 1. The first kappa shape index (κ1) is 11.6. The fraction of sp³-hybridized carbons (Fsp3) is 0.800. The molecule has 0 aliphatic heterocycles. The second-order valence-corrected chi connectivity index (χ2v) is 5.32. The van der Waals surface area contributed by atoms with Crippen LogP contribution in [-0.4, -0.2) is 46.8 Å². The number of aliphatic hydroxyl groups excluding tert-OH is 2. The van der Waals surface area contributed by atoms with E-state index in [1.807, 2.05) is 0 Å². The molecule has 0 fully saturated rings. The number of aliphatic carboxylic acids is 1. The first-order chi connectivity index (χ1) is 5.54. The van der Waals surface area contributed by atoms with Crippen LogP contribution in [-0.2, 0) is 9.36 Å². The van der Waals surface area contributed by atoms with E-state index >= 15 is 0 Å². The molecule has 6 nitrogen and oxygen atoms in total. The zero-order chi connectivity index (χ0) is 9.61. The lowest BCUT2D eigenvalue weighted by Gasteiger charge is -2.11. The van der Waals surface area contributed by atoms with Gasteiger partial charge in [0.15, 0.2) is 0 Å². The van der Waals surface area contributed by atoms with Crippen molar-refractivity contribution < 1.29 is 24.7 Å². The Morgan fingerprint density at radius 3 is 2.17 bits per heavy atom. The Labute approximate surface area is 69.6 Å². The van der Waals surface area contributed by atoms with Gasteiger partial charge in [0, 0.05) is 0 Å². The zero-order valence-corrected chi connectivity index (χ0v) is 7.33. The minimum Gasteiger partial charge on any atom is -0.480 e. The molecule has 7 heteroatoms. The number of carboxylic acid groups (broad SMARTS) is 1. The van der Waals surface area contributed by atoms with Crippen LogP contribution in [0.2, 0.25) is 0 Å². The van der Waals surface area contributed by atoms with E-state index in [2.05, 4.69) is 5.32 Å². The summed E-state index contributed by atoms with van der Waals surface area (Å²) >= 11 is 0. The fourth-order valence-corrected chi connectivity index (χ4v) is 1.32. The summed E-state index contributed by atoms with van der Waals surface area (Å²) in [5.74, 6) is -1.07. The van der Waals surface area contributed by atoms with Crippen molar-refractivity contribution in [3.8, 4) is 0 Å². The Balaban J connectivity index is 3.74. The number of aliphatic hydroxyl groups is 2. The van der Waals surface area contributed by atoms with Gasteiger partial charge in [0.2, 0.25) is 0 Å². The highest BCUT2D eigenvalue weighted by molar-refractivity contribution is 7.63.